The van der Waals surface area contributed by atoms with E-state index in [1.807, 2.05) is 12.1 Å². The maximum Gasteiger partial charge on any atom is 0.418 e. The average molecular weight is 385 g/mol. The number of nitrogens with zero attached hydrogens (tertiary/aromatic N) is 4. The molecule has 136 valence electrons. The summed E-state index contributed by atoms with van der Waals surface area (Å²) in [4.78, 5) is 20.4. The summed E-state index contributed by atoms with van der Waals surface area (Å²) >= 11 is 6.13. The van der Waals surface area contributed by atoms with Crippen LogP contribution in [-0.4, -0.2) is 32.6 Å². The molecule has 3 heterocycles. The van der Waals surface area contributed by atoms with Gasteiger partial charge in [-0.2, -0.15) is 4.98 Å². The van der Waals surface area contributed by atoms with Gasteiger partial charge in [-0.25, -0.2) is 9.78 Å². The Bertz CT molecular complexity index is 1120. The first-order valence-corrected chi connectivity index (χ1v) is 8.30. The summed E-state index contributed by atoms with van der Waals surface area (Å²) in [5, 5.41) is 4.38. The first-order valence-electron chi connectivity index (χ1n) is 7.92. The predicted octanol–water partition coefficient (Wildman–Crippen LogP) is 3.40. The molecule has 3 aromatic heterocycles. The molecule has 0 unspecified atom stereocenters. The van der Waals surface area contributed by atoms with E-state index in [0.29, 0.717) is 33.3 Å². The molecule has 1 aromatic carbocycles. The number of benzene rings is 1. The topological polar surface area (TPSA) is 91.8 Å². The number of ether oxygens (including phenoxy) is 2. The number of imidazole rings is 1. The molecular formula is C18H13ClN4O4. The van der Waals surface area contributed by atoms with E-state index in [4.69, 9.17) is 25.6 Å². The molecule has 0 saturated carbocycles. The lowest BCUT2D eigenvalue weighted by Crippen LogP contribution is -2.03. The second kappa shape index (κ2) is 7.08. The molecular weight excluding hydrogens is 372 g/mol. The smallest absolute Gasteiger partial charge is 0.418 e. The van der Waals surface area contributed by atoms with E-state index < -0.39 is 5.97 Å². The molecule has 4 aromatic rings. The third-order valence-corrected chi connectivity index (χ3v) is 4.13. The molecule has 4 rings (SSSR count). The van der Waals surface area contributed by atoms with Crippen LogP contribution in [0.4, 0.5) is 0 Å². The number of pyridine rings is 1. The lowest BCUT2D eigenvalue weighted by Gasteiger charge is -2.00. The summed E-state index contributed by atoms with van der Waals surface area (Å²) in [5.41, 5.74) is 2.08. The van der Waals surface area contributed by atoms with Gasteiger partial charge in [0.25, 0.3) is 0 Å². The van der Waals surface area contributed by atoms with Gasteiger partial charge < -0.3 is 13.9 Å². The van der Waals surface area contributed by atoms with Crippen molar-refractivity contribution in [3.63, 3.8) is 0 Å². The summed E-state index contributed by atoms with van der Waals surface area (Å²) in [5.74, 6) is -0.126. The first-order chi connectivity index (χ1) is 13.2. The van der Waals surface area contributed by atoms with Gasteiger partial charge in [-0.15, -0.1) is 0 Å². The van der Waals surface area contributed by atoms with Crippen LogP contribution in [0.2, 0.25) is 5.02 Å². The van der Waals surface area contributed by atoms with Gasteiger partial charge >= 0.3 is 12.0 Å². The highest BCUT2D eigenvalue weighted by Gasteiger charge is 2.15. The van der Waals surface area contributed by atoms with Crippen molar-refractivity contribution in [2.24, 2.45) is 0 Å². The fraction of sp³-hybridized carbons (Fsp3) is 0.111. The molecule has 0 aliphatic carbocycles. The van der Waals surface area contributed by atoms with E-state index >= 15 is 0 Å². The Balaban J connectivity index is 1.53. The third kappa shape index (κ3) is 3.34. The Labute approximate surface area is 158 Å². The van der Waals surface area contributed by atoms with Crippen LogP contribution in [0.5, 0.6) is 6.08 Å². The van der Waals surface area contributed by atoms with Crippen LogP contribution in [0.1, 0.15) is 16.1 Å². The van der Waals surface area contributed by atoms with Crippen molar-refractivity contribution in [2.75, 3.05) is 7.11 Å². The Morgan fingerprint density at radius 1 is 1.22 bits per heavy atom. The normalized spacial score (nSPS) is 10.9. The fourth-order valence-electron chi connectivity index (χ4n) is 2.56. The number of rotatable bonds is 5. The minimum absolute atomic E-state index is 0.00447. The molecule has 0 aliphatic heterocycles. The van der Waals surface area contributed by atoms with Crippen LogP contribution in [0, 0.1) is 0 Å². The zero-order valence-electron chi connectivity index (χ0n) is 14.1. The zero-order valence-corrected chi connectivity index (χ0v) is 14.9. The lowest BCUT2D eigenvalue weighted by atomic mass is 10.2. The first kappa shape index (κ1) is 17.0. The number of aromatic nitrogens is 4. The number of carbonyl (C=O) groups is 1. The Kier molecular flexibility index (Phi) is 4.47. The molecule has 8 nitrogen and oxygen atoms in total. The number of hydrogen-bond donors (Lipinski definition) is 0. The number of hydrogen-bond acceptors (Lipinski definition) is 7. The van der Waals surface area contributed by atoms with Crippen molar-refractivity contribution in [3.05, 3.63) is 65.1 Å². The third-order valence-electron chi connectivity index (χ3n) is 3.80. The summed E-state index contributed by atoms with van der Waals surface area (Å²) < 4.78 is 17.1. The molecule has 0 amide bonds. The van der Waals surface area contributed by atoms with Crippen LogP contribution < -0.4 is 4.74 Å². The van der Waals surface area contributed by atoms with Gasteiger partial charge in [-0.05, 0) is 24.3 Å². The van der Waals surface area contributed by atoms with Crippen LogP contribution >= 0.6 is 11.6 Å². The maximum absolute atomic E-state index is 11.8. The summed E-state index contributed by atoms with van der Waals surface area (Å²) in [7, 11) is 1.32. The number of fused-ring (bicyclic) bond motifs is 1. The molecule has 0 bridgehead atoms. The van der Waals surface area contributed by atoms with E-state index in [-0.39, 0.29) is 12.7 Å². The second-order valence-corrected chi connectivity index (χ2v) is 5.94. The van der Waals surface area contributed by atoms with Crippen LogP contribution in [0.15, 0.2) is 53.3 Å². The minimum Gasteiger partial charge on any atom is -0.465 e. The highest BCUT2D eigenvalue weighted by molar-refractivity contribution is 6.33. The predicted molar refractivity (Wildman–Crippen MR) is 95.6 cm³/mol. The average Bonchev–Trinajstić information content (AvgIpc) is 3.32. The molecule has 0 spiro atoms. The number of halogens is 1. The number of carbonyl (C=O) groups excluding carboxylic acids is 1. The van der Waals surface area contributed by atoms with Crippen molar-refractivity contribution in [3.8, 4) is 17.5 Å². The van der Waals surface area contributed by atoms with E-state index in [1.165, 1.54) is 7.11 Å². The van der Waals surface area contributed by atoms with Crippen LogP contribution in [0.3, 0.4) is 0 Å². The highest BCUT2D eigenvalue weighted by Crippen LogP contribution is 2.26. The van der Waals surface area contributed by atoms with E-state index in [0.717, 1.165) is 0 Å². The zero-order chi connectivity index (χ0) is 18.8. The standard InChI is InChI=1S/C18H13ClN4O4/c1-25-17(24)13-6-4-8-23-9-11(20-16(13)23)10-26-18-21-15(22-27-18)12-5-2-3-7-14(12)19/h2-9H,10H2,1H3. The number of esters is 1. The molecule has 0 fully saturated rings. The monoisotopic (exact) mass is 384 g/mol. The van der Waals surface area contributed by atoms with Gasteiger partial charge in [0.15, 0.2) is 5.65 Å². The van der Waals surface area contributed by atoms with Crippen molar-refractivity contribution in [2.45, 2.75) is 6.61 Å². The Morgan fingerprint density at radius 2 is 2.07 bits per heavy atom. The largest absolute Gasteiger partial charge is 0.465 e. The molecule has 0 atom stereocenters. The minimum atomic E-state index is -0.458. The van der Waals surface area contributed by atoms with Gasteiger partial charge in [-0.3, -0.25) is 4.52 Å². The van der Waals surface area contributed by atoms with Gasteiger partial charge in [0.1, 0.15) is 12.2 Å². The molecule has 27 heavy (non-hydrogen) atoms. The van der Waals surface area contributed by atoms with Gasteiger partial charge in [-0.1, -0.05) is 28.9 Å². The van der Waals surface area contributed by atoms with Gasteiger partial charge in [0.05, 0.1) is 17.8 Å². The Morgan fingerprint density at radius 3 is 2.89 bits per heavy atom. The quantitative estimate of drug-likeness (QED) is 0.487. The summed E-state index contributed by atoms with van der Waals surface area (Å²) in [6, 6.07) is 10.5. The SMILES string of the molecule is COC(=O)c1cccn2cc(COc3nc(-c4ccccc4Cl)no3)nc12. The van der Waals surface area contributed by atoms with E-state index in [9.17, 15) is 4.79 Å². The van der Waals surface area contributed by atoms with E-state index in [2.05, 4.69) is 15.1 Å². The second-order valence-electron chi connectivity index (χ2n) is 5.53. The van der Waals surface area contributed by atoms with Crippen molar-refractivity contribution in [1.29, 1.82) is 0 Å². The molecule has 0 N–H and O–H groups in total. The van der Waals surface area contributed by atoms with Crippen molar-refractivity contribution >= 4 is 23.2 Å². The Hall–Kier alpha value is -3.39. The number of methoxy groups -OCH3 is 1. The van der Waals surface area contributed by atoms with Crippen molar-refractivity contribution in [1.82, 2.24) is 19.5 Å². The summed E-state index contributed by atoms with van der Waals surface area (Å²) in [6.45, 7) is 0.0897. The van der Waals surface area contributed by atoms with E-state index in [1.54, 1.807) is 41.1 Å². The van der Waals surface area contributed by atoms with Gasteiger partial charge in [0, 0.05) is 18.0 Å². The maximum atomic E-state index is 11.8. The molecule has 9 heteroatoms. The fourth-order valence-corrected chi connectivity index (χ4v) is 2.78. The lowest BCUT2D eigenvalue weighted by molar-refractivity contribution is 0.0602. The molecule has 0 aliphatic rings. The summed E-state index contributed by atoms with van der Waals surface area (Å²) in [6.07, 6.45) is 3.52. The molecule has 0 saturated heterocycles. The highest BCUT2D eigenvalue weighted by atomic mass is 35.5. The van der Waals surface area contributed by atoms with Crippen LogP contribution in [0.25, 0.3) is 17.0 Å². The van der Waals surface area contributed by atoms with Crippen LogP contribution in [-0.2, 0) is 11.3 Å². The van der Waals surface area contributed by atoms with Crippen molar-refractivity contribution < 1.29 is 18.8 Å². The van der Waals surface area contributed by atoms with Gasteiger partial charge in [0.2, 0.25) is 5.82 Å². The molecule has 0 radical (unpaired) electrons.